The summed E-state index contributed by atoms with van der Waals surface area (Å²) in [5, 5.41) is 6.61. The monoisotopic (exact) mass is 516 g/mol. The number of nitrogens with one attached hydrogen (secondary N) is 2. The minimum absolute atomic E-state index is 0. The minimum Gasteiger partial charge on any atom is -0.379 e. The number of halogens is 1. The first-order chi connectivity index (χ1) is 13.8. The molecule has 0 fully saturated rings. The third-order valence-corrected chi connectivity index (χ3v) is 4.41. The number of benzene rings is 1. The van der Waals surface area contributed by atoms with Gasteiger partial charge in [0.1, 0.15) is 0 Å². The van der Waals surface area contributed by atoms with E-state index in [2.05, 4.69) is 65.8 Å². The topological polar surface area (TPSA) is 58.1 Å². The van der Waals surface area contributed by atoms with E-state index in [9.17, 15) is 0 Å². The number of anilines is 1. The summed E-state index contributed by atoms with van der Waals surface area (Å²) in [6.45, 7) is 11.2. The van der Waals surface area contributed by atoms with Crippen molar-refractivity contribution in [3.63, 3.8) is 0 Å². The van der Waals surface area contributed by atoms with Crippen LogP contribution in [-0.4, -0.2) is 58.6 Å². The van der Waals surface area contributed by atoms with E-state index in [0.717, 1.165) is 51.6 Å². The Morgan fingerprint density at radius 3 is 2.52 bits per heavy atom. The molecule has 1 aromatic carbocycles. The Morgan fingerprint density at radius 1 is 1.03 bits per heavy atom. The van der Waals surface area contributed by atoms with E-state index in [1.54, 1.807) is 0 Å². The molecule has 0 radical (unpaired) electrons. The number of unbranched alkanes of at least 4 members (excludes halogenated alkanes) is 1. The lowest BCUT2D eigenvalue weighted by atomic mass is 10.2. The number of hydrogen-bond acceptors (Lipinski definition) is 4. The fourth-order valence-electron chi connectivity index (χ4n) is 2.86. The molecule has 29 heavy (non-hydrogen) atoms. The van der Waals surface area contributed by atoms with Gasteiger partial charge in [-0.2, -0.15) is 0 Å². The van der Waals surface area contributed by atoms with Crippen molar-refractivity contribution in [1.82, 2.24) is 10.6 Å². The molecule has 0 saturated heterocycles. The average molecular weight is 516 g/mol. The largest absolute Gasteiger partial charge is 0.379 e. The maximum Gasteiger partial charge on any atom is 0.191 e. The number of guanidine groups is 1. The van der Waals surface area contributed by atoms with Gasteiger partial charge in [0.25, 0.3) is 0 Å². The zero-order valence-corrected chi connectivity index (χ0v) is 20.2. The normalized spacial score (nSPS) is 13.4. The fourth-order valence-corrected chi connectivity index (χ4v) is 2.86. The Kier molecular flexibility index (Phi) is 14.6. The lowest BCUT2D eigenvalue weighted by molar-refractivity contribution is 0.0487. The maximum absolute atomic E-state index is 5.60. The van der Waals surface area contributed by atoms with Crippen molar-refractivity contribution < 1.29 is 9.47 Å². The van der Waals surface area contributed by atoms with Crippen LogP contribution in [0.25, 0.3) is 0 Å². The van der Waals surface area contributed by atoms with Crippen molar-refractivity contribution in [3.05, 3.63) is 42.0 Å². The fraction of sp³-hybridized carbons (Fsp3) is 0.591. The first kappa shape index (κ1) is 25.7. The van der Waals surface area contributed by atoms with Crippen molar-refractivity contribution in [2.45, 2.75) is 33.2 Å². The standard InChI is InChI=1S/C22H36N4O2.HI/c1-3-5-14-27-16-17-28-15-11-24-22(23-4-2)25-19-20-9-8-10-21(18-20)26-12-6-7-13-26;/h6-10,18H,3-5,11-17,19H2,1-2H3,(H2,23,24,25);1H. The molecule has 0 aromatic heterocycles. The SMILES string of the molecule is CCCCOCCOCCNC(=NCc1cccc(N2CC=CC2)c1)NCC.I. The molecule has 0 bridgehead atoms. The van der Waals surface area contributed by atoms with Crippen LogP contribution in [0.5, 0.6) is 0 Å². The zero-order valence-electron chi connectivity index (χ0n) is 17.9. The molecule has 7 heteroatoms. The van der Waals surface area contributed by atoms with Crippen LogP contribution in [0, 0.1) is 0 Å². The molecule has 1 heterocycles. The molecule has 6 nitrogen and oxygen atoms in total. The van der Waals surface area contributed by atoms with E-state index in [0.29, 0.717) is 26.4 Å². The van der Waals surface area contributed by atoms with Crippen LogP contribution >= 0.6 is 24.0 Å². The molecule has 0 unspecified atom stereocenters. The molecular formula is C22H37IN4O2. The van der Waals surface area contributed by atoms with Crippen LogP contribution in [0.4, 0.5) is 5.69 Å². The highest BCUT2D eigenvalue weighted by Crippen LogP contribution is 2.18. The summed E-state index contributed by atoms with van der Waals surface area (Å²) in [7, 11) is 0. The highest BCUT2D eigenvalue weighted by molar-refractivity contribution is 14.0. The predicted molar refractivity (Wildman–Crippen MR) is 133 cm³/mol. The summed E-state index contributed by atoms with van der Waals surface area (Å²) < 4.78 is 11.1. The van der Waals surface area contributed by atoms with E-state index < -0.39 is 0 Å². The van der Waals surface area contributed by atoms with Crippen molar-refractivity contribution in [2.75, 3.05) is 57.5 Å². The van der Waals surface area contributed by atoms with Crippen LogP contribution < -0.4 is 15.5 Å². The van der Waals surface area contributed by atoms with E-state index in [4.69, 9.17) is 14.5 Å². The third kappa shape index (κ3) is 10.9. The van der Waals surface area contributed by atoms with Gasteiger partial charge in [-0.25, -0.2) is 4.99 Å². The maximum atomic E-state index is 5.60. The second-order valence-corrected chi connectivity index (χ2v) is 6.75. The highest BCUT2D eigenvalue weighted by Gasteiger charge is 2.07. The molecular weight excluding hydrogens is 479 g/mol. The summed E-state index contributed by atoms with van der Waals surface area (Å²) >= 11 is 0. The molecule has 1 aliphatic rings. The van der Waals surface area contributed by atoms with Crippen LogP contribution in [0.2, 0.25) is 0 Å². The molecule has 0 amide bonds. The van der Waals surface area contributed by atoms with Crippen molar-refractivity contribution in [1.29, 1.82) is 0 Å². The molecule has 2 N–H and O–H groups in total. The first-order valence-electron chi connectivity index (χ1n) is 10.5. The molecule has 0 atom stereocenters. The Morgan fingerprint density at radius 2 is 1.79 bits per heavy atom. The van der Waals surface area contributed by atoms with Crippen molar-refractivity contribution >= 4 is 35.6 Å². The van der Waals surface area contributed by atoms with Gasteiger partial charge in [-0.3, -0.25) is 0 Å². The van der Waals surface area contributed by atoms with Gasteiger partial charge < -0.3 is 25.0 Å². The number of rotatable bonds is 13. The average Bonchev–Trinajstić information content (AvgIpc) is 3.26. The summed E-state index contributed by atoms with van der Waals surface area (Å²) in [5.74, 6) is 0.818. The van der Waals surface area contributed by atoms with E-state index in [-0.39, 0.29) is 24.0 Å². The summed E-state index contributed by atoms with van der Waals surface area (Å²) in [4.78, 5) is 7.05. The third-order valence-electron chi connectivity index (χ3n) is 4.41. The zero-order chi connectivity index (χ0) is 19.9. The van der Waals surface area contributed by atoms with Gasteiger partial charge in [-0.05, 0) is 31.0 Å². The van der Waals surface area contributed by atoms with Gasteiger partial charge in [0, 0.05) is 38.5 Å². The molecule has 1 aromatic rings. The van der Waals surface area contributed by atoms with Crippen LogP contribution in [-0.2, 0) is 16.0 Å². The van der Waals surface area contributed by atoms with Crippen LogP contribution in [0.1, 0.15) is 32.3 Å². The Hall–Kier alpha value is -1.32. The molecule has 0 spiro atoms. The second-order valence-electron chi connectivity index (χ2n) is 6.75. The Balaban J connectivity index is 0.00000420. The van der Waals surface area contributed by atoms with Gasteiger partial charge in [0.15, 0.2) is 5.96 Å². The summed E-state index contributed by atoms with van der Waals surface area (Å²) in [6.07, 6.45) is 6.69. The van der Waals surface area contributed by atoms with E-state index >= 15 is 0 Å². The van der Waals surface area contributed by atoms with Gasteiger partial charge in [0.2, 0.25) is 0 Å². The van der Waals surface area contributed by atoms with Crippen molar-refractivity contribution in [3.8, 4) is 0 Å². The highest BCUT2D eigenvalue weighted by atomic mass is 127. The van der Waals surface area contributed by atoms with Gasteiger partial charge in [-0.15, -0.1) is 24.0 Å². The Labute approximate surface area is 193 Å². The summed E-state index contributed by atoms with van der Waals surface area (Å²) in [5.41, 5.74) is 2.47. The predicted octanol–water partition coefficient (Wildman–Crippen LogP) is 3.57. The number of hydrogen-bond donors (Lipinski definition) is 2. The van der Waals surface area contributed by atoms with Gasteiger partial charge in [-0.1, -0.05) is 37.6 Å². The quantitative estimate of drug-likeness (QED) is 0.138. The molecule has 0 aliphatic carbocycles. The summed E-state index contributed by atoms with van der Waals surface area (Å²) in [6, 6.07) is 8.62. The number of nitrogens with zero attached hydrogens (tertiary/aromatic N) is 2. The number of aliphatic imine (C=N–C) groups is 1. The van der Waals surface area contributed by atoms with Crippen molar-refractivity contribution in [2.24, 2.45) is 4.99 Å². The molecule has 2 rings (SSSR count). The molecule has 0 saturated carbocycles. The first-order valence-corrected chi connectivity index (χ1v) is 10.5. The van der Waals surface area contributed by atoms with Gasteiger partial charge in [0.05, 0.1) is 26.4 Å². The van der Waals surface area contributed by atoms with Crippen LogP contribution in [0.3, 0.4) is 0 Å². The van der Waals surface area contributed by atoms with Gasteiger partial charge >= 0.3 is 0 Å². The molecule has 1 aliphatic heterocycles. The minimum atomic E-state index is 0. The second kappa shape index (κ2) is 16.5. The van der Waals surface area contributed by atoms with Crippen LogP contribution in [0.15, 0.2) is 41.4 Å². The number of ether oxygens (including phenoxy) is 2. The lowest BCUT2D eigenvalue weighted by Crippen LogP contribution is -2.39. The smallest absolute Gasteiger partial charge is 0.191 e. The van der Waals surface area contributed by atoms with E-state index in [1.807, 2.05) is 0 Å². The lowest BCUT2D eigenvalue weighted by Gasteiger charge is -2.18. The van der Waals surface area contributed by atoms with E-state index in [1.165, 1.54) is 11.3 Å². The Bertz CT molecular complexity index is 602. The molecule has 164 valence electrons.